The number of hydrogen-bond acceptors (Lipinski definition) is 3. The van der Waals surface area contributed by atoms with Gasteiger partial charge in [-0.3, -0.25) is 0 Å². The van der Waals surface area contributed by atoms with E-state index in [1.165, 1.54) is 7.11 Å². The van der Waals surface area contributed by atoms with Crippen molar-refractivity contribution in [1.82, 2.24) is 0 Å². The number of halogens is 1. The van der Waals surface area contributed by atoms with Crippen molar-refractivity contribution in [2.45, 2.75) is 20.0 Å². The zero-order valence-electron chi connectivity index (χ0n) is 8.37. The molecule has 0 fully saturated rings. The third-order valence-electron chi connectivity index (χ3n) is 1.57. The van der Waals surface area contributed by atoms with Crippen LogP contribution in [0.25, 0.3) is 0 Å². The van der Waals surface area contributed by atoms with Crippen molar-refractivity contribution in [1.29, 1.82) is 0 Å². The second-order valence-corrected chi connectivity index (χ2v) is 3.12. The first-order valence-electron chi connectivity index (χ1n) is 4.27. The van der Waals surface area contributed by atoms with E-state index in [0.29, 0.717) is 0 Å². The fraction of sp³-hybridized carbons (Fsp3) is 0.400. The van der Waals surface area contributed by atoms with E-state index in [0.717, 1.165) is 12.1 Å². The van der Waals surface area contributed by atoms with Gasteiger partial charge in [-0.15, -0.1) is 0 Å². The minimum Gasteiger partial charge on any atom is -0.504 e. The zero-order chi connectivity index (χ0) is 10.7. The third kappa shape index (κ3) is 2.28. The maximum atomic E-state index is 12.8. The molecule has 0 atom stereocenters. The van der Waals surface area contributed by atoms with Gasteiger partial charge in [-0.2, -0.15) is 0 Å². The molecule has 0 unspecified atom stereocenters. The molecule has 0 aliphatic heterocycles. The molecule has 0 aromatic heterocycles. The van der Waals surface area contributed by atoms with Gasteiger partial charge >= 0.3 is 0 Å². The maximum absolute atomic E-state index is 12.8. The van der Waals surface area contributed by atoms with Gasteiger partial charge in [0.2, 0.25) is 5.75 Å². The Bertz CT molecular complexity index is 323. The topological polar surface area (TPSA) is 38.7 Å². The summed E-state index contributed by atoms with van der Waals surface area (Å²) < 4.78 is 23.0. The first kappa shape index (κ1) is 10.6. The minimum absolute atomic E-state index is 0.111. The molecule has 1 N–H and O–H groups in total. The van der Waals surface area contributed by atoms with Gasteiger partial charge in [-0.05, 0) is 13.8 Å². The van der Waals surface area contributed by atoms with E-state index in [2.05, 4.69) is 0 Å². The summed E-state index contributed by atoms with van der Waals surface area (Å²) in [5.41, 5.74) is 0. The summed E-state index contributed by atoms with van der Waals surface area (Å²) in [6.45, 7) is 3.62. The first-order chi connectivity index (χ1) is 6.54. The number of benzene rings is 1. The van der Waals surface area contributed by atoms with Crippen LogP contribution in [0.4, 0.5) is 4.39 Å². The summed E-state index contributed by atoms with van der Waals surface area (Å²) in [5.74, 6) is -0.453. The van der Waals surface area contributed by atoms with Crippen molar-refractivity contribution in [2.24, 2.45) is 0 Å². The Balaban J connectivity index is 3.11. The third-order valence-corrected chi connectivity index (χ3v) is 1.57. The molecule has 0 amide bonds. The second-order valence-electron chi connectivity index (χ2n) is 3.12. The van der Waals surface area contributed by atoms with Gasteiger partial charge < -0.3 is 14.6 Å². The number of ether oxygens (including phenoxy) is 2. The summed E-state index contributed by atoms with van der Waals surface area (Å²) in [6.07, 6.45) is -0.111. The highest BCUT2D eigenvalue weighted by atomic mass is 19.1. The van der Waals surface area contributed by atoms with Crippen LogP contribution in [0.2, 0.25) is 0 Å². The summed E-state index contributed by atoms with van der Waals surface area (Å²) >= 11 is 0. The molecule has 3 nitrogen and oxygen atoms in total. The summed E-state index contributed by atoms with van der Waals surface area (Å²) in [6, 6.07) is 2.15. The molecule has 4 heteroatoms. The maximum Gasteiger partial charge on any atom is 0.203 e. The van der Waals surface area contributed by atoms with E-state index >= 15 is 0 Å². The average molecular weight is 200 g/mol. The van der Waals surface area contributed by atoms with Crippen LogP contribution in [-0.2, 0) is 0 Å². The Hall–Kier alpha value is -1.45. The lowest BCUT2D eigenvalue weighted by Gasteiger charge is -2.14. The van der Waals surface area contributed by atoms with E-state index in [4.69, 9.17) is 9.47 Å². The lowest BCUT2D eigenvalue weighted by atomic mass is 10.3. The van der Waals surface area contributed by atoms with Crippen molar-refractivity contribution in [3.63, 3.8) is 0 Å². The van der Waals surface area contributed by atoms with Crippen molar-refractivity contribution in [3.8, 4) is 17.2 Å². The van der Waals surface area contributed by atoms with Crippen LogP contribution in [0.3, 0.4) is 0 Å². The largest absolute Gasteiger partial charge is 0.504 e. The van der Waals surface area contributed by atoms with Crippen molar-refractivity contribution >= 4 is 0 Å². The number of phenolic OH excluding ortho intramolecular Hbond substituents is 1. The van der Waals surface area contributed by atoms with Gasteiger partial charge in [0.25, 0.3) is 0 Å². The fourth-order valence-corrected chi connectivity index (χ4v) is 1.06. The lowest BCUT2D eigenvalue weighted by Crippen LogP contribution is -2.07. The van der Waals surface area contributed by atoms with Crippen LogP contribution in [0.15, 0.2) is 12.1 Å². The molecule has 0 radical (unpaired) electrons. The van der Waals surface area contributed by atoms with Crippen molar-refractivity contribution < 1.29 is 19.0 Å². The first-order valence-corrected chi connectivity index (χ1v) is 4.27. The average Bonchev–Trinajstić information content (AvgIpc) is 2.08. The van der Waals surface area contributed by atoms with Crippen LogP contribution >= 0.6 is 0 Å². The Morgan fingerprint density at radius 1 is 1.36 bits per heavy atom. The van der Waals surface area contributed by atoms with Crippen LogP contribution in [0, 0.1) is 5.82 Å². The fourth-order valence-electron chi connectivity index (χ4n) is 1.06. The lowest BCUT2D eigenvalue weighted by molar-refractivity contribution is 0.219. The molecular weight excluding hydrogens is 187 g/mol. The summed E-state index contributed by atoms with van der Waals surface area (Å²) in [5, 5.41) is 9.41. The summed E-state index contributed by atoms with van der Waals surface area (Å²) in [7, 11) is 1.39. The number of rotatable bonds is 3. The Morgan fingerprint density at radius 3 is 2.50 bits per heavy atom. The van der Waals surface area contributed by atoms with E-state index in [9.17, 15) is 9.50 Å². The molecule has 1 rings (SSSR count). The number of methoxy groups -OCH3 is 1. The molecule has 1 aromatic carbocycles. The van der Waals surface area contributed by atoms with Crippen LogP contribution in [0.5, 0.6) is 17.2 Å². The van der Waals surface area contributed by atoms with Gasteiger partial charge in [-0.25, -0.2) is 4.39 Å². The predicted molar refractivity (Wildman–Crippen MR) is 50.4 cm³/mol. The molecule has 14 heavy (non-hydrogen) atoms. The molecular formula is C10H13FO3. The van der Waals surface area contributed by atoms with E-state index in [-0.39, 0.29) is 23.4 Å². The molecule has 0 heterocycles. The van der Waals surface area contributed by atoms with Crippen LogP contribution < -0.4 is 9.47 Å². The Kier molecular flexibility index (Phi) is 3.17. The number of aromatic hydroxyl groups is 1. The molecule has 0 spiro atoms. The monoisotopic (exact) mass is 200 g/mol. The normalized spacial score (nSPS) is 10.4. The molecule has 0 aliphatic carbocycles. The van der Waals surface area contributed by atoms with Gasteiger partial charge in [0, 0.05) is 12.1 Å². The Labute approximate surface area is 82.1 Å². The van der Waals surface area contributed by atoms with E-state index in [1.54, 1.807) is 0 Å². The highest BCUT2D eigenvalue weighted by molar-refractivity contribution is 5.50. The van der Waals surface area contributed by atoms with Crippen LogP contribution in [0.1, 0.15) is 13.8 Å². The predicted octanol–water partition coefficient (Wildman–Crippen LogP) is 2.33. The molecule has 0 saturated heterocycles. The van der Waals surface area contributed by atoms with Gasteiger partial charge in [0.05, 0.1) is 13.2 Å². The van der Waals surface area contributed by atoms with Gasteiger partial charge in [0.15, 0.2) is 11.5 Å². The number of phenols is 1. The molecule has 78 valence electrons. The molecule has 0 saturated carbocycles. The van der Waals surface area contributed by atoms with Gasteiger partial charge in [0.1, 0.15) is 5.82 Å². The second kappa shape index (κ2) is 4.17. The smallest absolute Gasteiger partial charge is 0.203 e. The van der Waals surface area contributed by atoms with Gasteiger partial charge in [-0.1, -0.05) is 0 Å². The Morgan fingerprint density at radius 2 is 2.00 bits per heavy atom. The highest BCUT2D eigenvalue weighted by Crippen LogP contribution is 2.37. The molecule has 1 aromatic rings. The SMILES string of the molecule is COc1cc(F)cc(O)c1OC(C)C. The van der Waals surface area contributed by atoms with E-state index in [1.807, 2.05) is 13.8 Å². The molecule has 0 bridgehead atoms. The highest BCUT2D eigenvalue weighted by Gasteiger charge is 2.13. The zero-order valence-corrected chi connectivity index (χ0v) is 8.37. The van der Waals surface area contributed by atoms with E-state index < -0.39 is 5.82 Å². The minimum atomic E-state index is -0.560. The summed E-state index contributed by atoms with van der Waals surface area (Å²) in [4.78, 5) is 0. The number of hydrogen-bond donors (Lipinski definition) is 1. The molecule has 0 aliphatic rings. The van der Waals surface area contributed by atoms with Crippen LogP contribution in [-0.4, -0.2) is 18.3 Å². The van der Waals surface area contributed by atoms with Crippen molar-refractivity contribution in [2.75, 3.05) is 7.11 Å². The quantitative estimate of drug-likeness (QED) is 0.813. The standard InChI is InChI=1S/C10H13FO3/c1-6(2)14-10-8(12)4-7(11)5-9(10)13-3/h4-6,12H,1-3H3. The van der Waals surface area contributed by atoms with Crippen molar-refractivity contribution in [3.05, 3.63) is 17.9 Å².